The summed E-state index contributed by atoms with van der Waals surface area (Å²) in [6, 6.07) is 10.9. The molecule has 0 radical (unpaired) electrons. The maximum atomic E-state index is 12.2. The zero-order valence-corrected chi connectivity index (χ0v) is 17.6. The average molecular weight is 498 g/mol. The topological polar surface area (TPSA) is 70.9 Å². The van der Waals surface area contributed by atoms with Crippen molar-refractivity contribution in [1.82, 2.24) is 5.32 Å². The lowest BCUT2D eigenvalue weighted by molar-refractivity contribution is -0.115. The van der Waals surface area contributed by atoms with Gasteiger partial charge in [0.2, 0.25) is 0 Å². The summed E-state index contributed by atoms with van der Waals surface area (Å²) < 4.78 is 7.12. The van der Waals surface area contributed by atoms with E-state index in [1.807, 2.05) is 31.2 Å². The van der Waals surface area contributed by atoms with E-state index in [0.29, 0.717) is 28.0 Å². The highest BCUT2D eigenvalue weighted by Crippen LogP contribution is 2.37. The number of ether oxygens (including phenoxy) is 1. The number of rotatable bonds is 4. The lowest BCUT2D eigenvalue weighted by atomic mass is 10.1. The molecule has 1 saturated heterocycles. The highest BCUT2D eigenvalue weighted by atomic mass is 79.9. The summed E-state index contributed by atoms with van der Waals surface area (Å²) in [5.74, 6) is 0.0957. The number of amidine groups is 1. The van der Waals surface area contributed by atoms with E-state index in [9.17, 15) is 9.90 Å². The normalized spacial score (nSPS) is 17.0. The van der Waals surface area contributed by atoms with Crippen LogP contribution in [-0.4, -0.2) is 22.8 Å². The first-order valence-electron chi connectivity index (χ1n) is 7.66. The van der Waals surface area contributed by atoms with Crippen LogP contribution >= 0.6 is 43.6 Å². The van der Waals surface area contributed by atoms with Gasteiger partial charge in [-0.2, -0.15) is 0 Å². The van der Waals surface area contributed by atoms with E-state index in [2.05, 4.69) is 42.2 Å². The van der Waals surface area contributed by atoms with Gasteiger partial charge in [0.25, 0.3) is 5.91 Å². The number of carbonyl (C=O) groups excluding carboxylic acids is 1. The number of thioether (sulfide) groups is 1. The number of benzene rings is 2. The molecule has 1 amide bonds. The van der Waals surface area contributed by atoms with Crippen molar-refractivity contribution in [3.05, 3.63) is 55.8 Å². The number of amides is 1. The van der Waals surface area contributed by atoms with E-state index in [-0.39, 0.29) is 11.7 Å². The van der Waals surface area contributed by atoms with E-state index < -0.39 is 0 Å². The number of phenolic OH excluding ortho intramolecular Hbond substituents is 1. The molecule has 0 unspecified atom stereocenters. The third-order valence-electron chi connectivity index (χ3n) is 3.36. The smallest absolute Gasteiger partial charge is 0.264 e. The zero-order chi connectivity index (χ0) is 18.7. The van der Waals surface area contributed by atoms with Gasteiger partial charge < -0.3 is 15.2 Å². The number of carbonyl (C=O) groups is 1. The van der Waals surface area contributed by atoms with Crippen LogP contribution in [0.15, 0.2) is 55.2 Å². The molecule has 0 aromatic heterocycles. The second-order valence-electron chi connectivity index (χ2n) is 5.23. The Hall–Kier alpha value is -1.77. The monoisotopic (exact) mass is 496 g/mol. The molecule has 1 aliphatic heterocycles. The van der Waals surface area contributed by atoms with E-state index in [4.69, 9.17) is 4.74 Å². The lowest BCUT2D eigenvalue weighted by Crippen LogP contribution is -2.19. The number of halogens is 2. The first kappa shape index (κ1) is 19.0. The van der Waals surface area contributed by atoms with Crippen LogP contribution in [0.2, 0.25) is 0 Å². The number of nitrogens with zero attached hydrogens (tertiary/aromatic N) is 1. The molecule has 5 nitrogen and oxygen atoms in total. The predicted molar refractivity (Wildman–Crippen MR) is 112 cm³/mol. The van der Waals surface area contributed by atoms with Crippen molar-refractivity contribution < 1.29 is 14.6 Å². The molecule has 0 aliphatic carbocycles. The molecule has 2 N–H and O–H groups in total. The van der Waals surface area contributed by atoms with Crippen molar-refractivity contribution in [2.45, 2.75) is 6.92 Å². The SMILES string of the molecule is CCOc1cc(Br)cc(/C=C2\SC(=Nc3ccc(Br)cc3)NC2=O)c1O. The molecule has 0 spiro atoms. The minimum atomic E-state index is -0.261. The van der Waals surface area contributed by atoms with Gasteiger partial charge in [-0.15, -0.1) is 0 Å². The van der Waals surface area contributed by atoms with Crippen molar-refractivity contribution >= 4 is 66.5 Å². The summed E-state index contributed by atoms with van der Waals surface area (Å²) >= 11 is 7.98. The van der Waals surface area contributed by atoms with Gasteiger partial charge in [0.05, 0.1) is 17.2 Å². The molecular formula is C18H14Br2N2O3S. The average Bonchev–Trinajstić information content (AvgIpc) is 2.93. The van der Waals surface area contributed by atoms with Crippen molar-refractivity contribution in [2.75, 3.05) is 6.61 Å². The minimum absolute atomic E-state index is 0.00533. The molecule has 2 aromatic carbocycles. The molecule has 0 atom stereocenters. The van der Waals surface area contributed by atoms with E-state index in [1.54, 1.807) is 18.2 Å². The maximum Gasteiger partial charge on any atom is 0.264 e. The Kier molecular flexibility index (Phi) is 6.05. The van der Waals surface area contributed by atoms with Crippen molar-refractivity contribution in [3.63, 3.8) is 0 Å². The molecule has 134 valence electrons. The molecule has 2 aromatic rings. The molecule has 0 bridgehead atoms. The molecule has 1 fully saturated rings. The van der Waals surface area contributed by atoms with Crippen LogP contribution in [0.25, 0.3) is 6.08 Å². The van der Waals surface area contributed by atoms with Gasteiger partial charge in [-0.05, 0) is 61.2 Å². The lowest BCUT2D eigenvalue weighted by Gasteiger charge is -2.09. The van der Waals surface area contributed by atoms with Gasteiger partial charge >= 0.3 is 0 Å². The van der Waals surface area contributed by atoms with E-state index in [1.165, 1.54) is 11.8 Å². The third-order valence-corrected chi connectivity index (χ3v) is 5.26. The Morgan fingerprint density at radius 1 is 1.23 bits per heavy atom. The Labute approximate surface area is 171 Å². The highest BCUT2D eigenvalue weighted by Gasteiger charge is 2.24. The van der Waals surface area contributed by atoms with Crippen molar-refractivity contribution in [2.24, 2.45) is 4.99 Å². The molecule has 3 rings (SSSR count). The van der Waals surface area contributed by atoms with Gasteiger partial charge in [0, 0.05) is 14.5 Å². The number of aliphatic imine (C=N–C) groups is 1. The number of hydrogen-bond donors (Lipinski definition) is 2. The summed E-state index contributed by atoms with van der Waals surface area (Å²) in [5.41, 5.74) is 1.23. The van der Waals surface area contributed by atoms with Gasteiger partial charge in [-0.3, -0.25) is 4.79 Å². The maximum absolute atomic E-state index is 12.2. The van der Waals surface area contributed by atoms with Crippen LogP contribution < -0.4 is 10.1 Å². The molecule has 1 aliphatic rings. The van der Waals surface area contributed by atoms with Crippen LogP contribution in [0.3, 0.4) is 0 Å². The fourth-order valence-corrected chi connectivity index (χ4v) is 3.78. The Balaban J connectivity index is 1.88. The summed E-state index contributed by atoms with van der Waals surface area (Å²) in [5, 5.41) is 13.6. The fraction of sp³-hybridized carbons (Fsp3) is 0.111. The quantitative estimate of drug-likeness (QED) is 0.569. The number of hydrogen-bond acceptors (Lipinski definition) is 5. The number of phenols is 1. The first-order valence-corrected chi connectivity index (χ1v) is 10.1. The second kappa shape index (κ2) is 8.28. The van der Waals surface area contributed by atoms with Crippen LogP contribution in [-0.2, 0) is 4.79 Å². The summed E-state index contributed by atoms with van der Waals surface area (Å²) in [6.45, 7) is 2.27. The minimum Gasteiger partial charge on any atom is -0.504 e. The van der Waals surface area contributed by atoms with Crippen LogP contribution in [0.5, 0.6) is 11.5 Å². The molecule has 26 heavy (non-hydrogen) atoms. The van der Waals surface area contributed by atoms with Crippen LogP contribution in [0.4, 0.5) is 5.69 Å². The Morgan fingerprint density at radius 2 is 1.96 bits per heavy atom. The predicted octanol–water partition coefficient (Wildman–Crippen LogP) is 5.21. The van der Waals surface area contributed by atoms with Crippen molar-refractivity contribution in [3.8, 4) is 11.5 Å². The van der Waals surface area contributed by atoms with Crippen molar-refractivity contribution in [1.29, 1.82) is 0 Å². The summed E-state index contributed by atoms with van der Waals surface area (Å²) in [4.78, 5) is 17.1. The number of nitrogens with one attached hydrogen (secondary N) is 1. The van der Waals surface area contributed by atoms with Crippen LogP contribution in [0.1, 0.15) is 12.5 Å². The molecular weight excluding hydrogens is 484 g/mol. The van der Waals surface area contributed by atoms with Gasteiger partial charge in [0.15, 0.2) is 16.7 Å². The highest BCUT2D eigenvalue weighted by molar-refractivity contribution is 9.10. The number of aromatic hydroxyl groups is 1. The zero-order valence-electron chi connectivity index (χ0n) is 13.6. The van der Waals surface area contributed by atoms with E-state index in [0.717, 1.165) is 14.6 Å². The standard InChI is InChI=1S/C18H14Br2N2O3S/c1-2-25-14-9-12(20)7-10(16(14)23)8-15-17(24)22-18(26-15)21-13-5-3-11(19)4-6-13/h3-9,23H,2H2,1H3,(H,21,22,24)/b15-8-. The molecule has 8 heteroatoms. The first-order chi connectivity index (χ1) is 12.5. The van der Waals surface area contributed by atoms with Gasteiger partial charge in [0.1, 0.15) is 0 Å². The van der Waals surface area contributed by atoms with Gasteiger partial charge in [-0.25, -0.2) is 4.99 Å². The molecule has 0 saturated carbocycles. The van der Waals surface area contributed by atoms with Gasteiger partial charge in [-0.1, -0.05) is 31.9 Å². The van der Waals surface area contributed by atoms with E-state index >= 15 is 0 Å². The largest absolute Gasteiger partial charge is 0.504 e. The second-order valence-corrected chi connectivity index (χ2v) is 8.09. The third kappa shape index (κ3) is 4.49. The molecule has 1 heterocycles. The summed E-state index contributed by atoms with van der Waals surface area (Å²) in [7, 11) is 0. The Bertz CT molecular complexity index is 911. The Morgan fingerprint density at radius 3 is 2.65 bits per heavy atom. The van der Waals surface area contributed by atoms with Crippen LogP contribution in [0, 0.1) is 0 Å². The summed E-state index contributed by atoms with van der Waals surface area (Å²) in [6.07, 6.45) is 1.62. The fourth-order valence-electron chi connectivity index (χ4n) is 2.22.